The molecular formula is C16H26N2. The van der Waals surface area contributed by atoms with E-state index in [2.05, 4.69) is 55.4 Å². The van der Waals surface area contributed by atoms with E-state index in [1.54, 1.807) is 11.1 Å². The number of rotatable bonds is 7. The zero-order valence-electron chi connectivity index (χ0n) is 11.9. The van der Waals surface area contributed by atoms with Crippen LogP contribution in [0.1, 0.15) is 37.3 Å². The van der Waals surface area contributed by atoms with Gasteiger partial charge in [-0.25, -0.2) is 0 Å². The van der Waals surface area contributed by atoms with Crippen molar-refractivity contribution in [3.63, 3.8) is 0 Å². The molecule has 0 saturated heterocycles. The summed E-state index contributed by atoms with van der Waals surface area (Å²) in [5, 5.41) is 3.60. The average Bonchev–Trinajstić information content (AvgIpc) is 2.37. The van der Waals surface area contributed by atoms with Crippen molar-refractivity contribution in [2.75, 3.05) is 26.7 Å². The molecule has 0 heterocycles. The molecular weight excluding hydrogens is 220 g/mol. The van der Waals surface area contributed by atoms with E-state index in [1.165, 1.54) is 12.8 Å². The molecule has 2 atom stereocenters. The predicted octanol–water partition coefficient (Wildman–Crippen LogP) is 2.65. The summed E-state index contributed by atoms with van der Waals surface area (Å²) in [7, 11) is 2.22. The van der Waals surface area contributed by atoms with Crippen molar-refractivity contribution < 1.29 is 0 Å². The van der Waals surface area contributed by atoms with E-state index in [9.17, 15) is 0 Å². The summed E-state index contributed by atoms with van der Waals surface area (Å²) < 4.78 is 0. The molecule has 1 aromatic carbocycles. The van der Waals surface area contributed by atoms with Gasteiger partial charge in [0.2, 0.25) is 0 Å². The Bertz CT molecular complexity index is 375. The van der Waals surface area contributed by atoms with Crippen LogP contribution in [0, 0.1) is 0 Å². The number of nitrogens with zero attached hydrogens (tertiary/aromatic N) is 1. The fourth-order valence-electron chi connectivity index (χ4n) is 2.61. The van der Waals surface area contributed by atoms with Gasteiger partial charge in [0.1, 0.15) is 0 Å². The maximum Gasteiger partial charge on any atom is 0.0107 e. The number of fused-ring (bicyclic) bond motifs is 1. The number of hydrogen-bond donors (Lipinski definition) is 1. The molecule has 0 aromatic heterocycles. The first kappa shape index (κ1) is 13.6. The SMILES string of the molecule is CCC(C)N(C)CCNCC1Cc2ccccc21. The minimum absolute atomic E-state index is 0.691. The average molecular weight is 246 g/mol. The number of hydrogen-bond acceptors (Lipinski definition) is 2. The molecule has 1 aliphatic rings. The number of benzene rings is 1. The first-order chi connectivity index (χ1) is 8.72. The van der Waals surface area contributed by atoms with Crippen LogP contribution < -0.4 is 5.32 Å². The standard InChI is InChI=1S/C16H26N2/c1-4-13(2)18(3)10-9-17-12-15-11-14-7-5-6-8-16(14)15/h5-8,13,15,17H,4,9-12H2,1-3H3. The van der Waals surface area contributed by atoms with Crippen LogP contribution in [-0.2, 0) is 6.42 Å². The highest BCUT2D eigenvalue weighted by molar-refractivity contribution is 5.40. The van der Waals surface area contributed by atoms with E-state index < -0.39 is 0 Å². The second-order valence-corrected chi connectivity index (χ2v) is 5.54. The molecule has 1 aromatic rings. The lowest BCUT2D eigenvalue weighted by Gasteiger charge is -2.31. The summed E-state index contributed by atoms with van der Waals surface area (Å²) in [5.74, 6) is 0.745. The molecule has 0 amide bonds. The molecule has 0 saturated carbocycles. The molecule has 2 nitrogen and oxygen atoms in total. The van der Waals surface area contributed by atoms with Crippen LogP contribution in [0.4, 0.5) is 0 Å². The molecule has 1 aliphatic carbocycles. The molecule has 0 spiro atoms. The maximum absolute atomic E-state index is 3.60. The molecule has 1 N–H and O–H groups in total. The van der Waals surface area contributed by atoms with Gasteiger partial charge in [-0.3, -0.25) is 0 Å². The van der Waals surface area contributed by atoms with E-state index in [4.69, 9.17) is 0 Å². The first-order valence-corrected chi connectivity index (χ1v) is 7.21. The van der Waals surface area contributed by atoms with Gasteiger partial charge in [-0.1, -0.05) is 31.2 Å². The van der Waals surface area contributed by atoms with Crippen LogP contribution in [0.5, 0.6) is 0 Å². The summed E-state index contributed by atoms with van der Waals surface area (Å²) in [6, 6.07) is 9.51. The Kier molecular flexibility index (Phi) is 4.79. The zero-order chi connectivity index (χ0) is 13.0. The van der Waals surface area contributed by atoms with Gasteiger partial charge >= 0.3 is 0 Å². The summed E-state index contributed by atoms with van der Waals surface area (Å²) >= 11 is 0. The van der Waals surface area contributed by atoms with Crippen LogP contribution in [0.25, 0.3) is 0 Å². The second kappa shape index (κ2) is 6.35. The Morgan fingerprint density at radius 3 is 2.89 bits per heavy atom. The predicted molar refractivity (Wildman–Crippen MR) is 78.1 cm³/mol. The van der Waals surface area contributed by atoms with Crippen molar-refractivity contribution in [1.29, 1.82) is 0 Å². The van der Waals surface area contributed by atoms with E-state index in [1.807, 2.05) is 0 Å². The molecule has 0 bridgehead atoms. The Labute approximate surface area is 111 Å². The minimum Gasteiger partial charge on any atom is -0.315 e. The van der Waals surface area contributed by atoms with E-state index in [0.717, 1.165) is 25.6 Å². The van der Waals surface area contributed by atoms with Gasteiger partial charge in [-0.2, -0.15) is 0 Å². The Morgan fingerprint density at radius 1 is 1.39 bits per heavy atom. The van der Waals surface area contributed by atoms with Gasteiger partial charge in [0, 0.05) is 31.6 Å². The smallest absolute Gasteiger partial charge is 0.0107 e. The van der Waals surface area contributed by atoms with Crippen LogP contribution >= 0.6 is 0 Å². The molecule has 2 unspecified atom stereocenters. The second-order valence-electron chi connectivity index (χ2n) is 5.54. The fourth-order valence-corrected chi connectivity index (χ4v) is 2.61. The lowest BCUT2D eigenvalue weighted by atomic mass is 9.78. The minimum atomic E-state index is 0.691. The van der Waals surface area contributed by atoms with Crippen molar-refractivity contribution in [3.05, 3.63) is 35.4 Å². The highest BCUT2D eigenvalue weighted by Crippen LogP contribution is 2.33. The van der Waals surface area contributed by atoms with Crippen molar-refractivity contribution in [2.45, 2.75) is 38.6 Å². The summed E-state index contributed by atoms with van der Waals surface area (Å²) in [6.07, 6.45) is 2.48. The number of nitrogens with one attached hydrogen (secondary N) is 1. The molecule has 2 rings (SSSR count). The van der Waals surface area contributed by atoms with Crippen molar-refractivity contribution in [1.82, 2.24) is 10.2 Å². The van der Waals surface area contributed by atoms with Crippen LogP contribution in [0.3, 0.4) is 0 Å². The summed E-state index contributed by atoms with van der Waals surface area (Å²) in [4.78, 5) is 2.43. The quantitative estimate of drug-likeness (QED) is 0.744. The Balaban J connectivity index is 1.63. The summed E-state index contributed by atoms with van der Waals surface area (Å²) in [6.45, 7) is 7.91. The highest BCUT2D eigenvalue weighted by Gasteiger charge is 2.24. The van der Waals surface area contributed by atoms with Gasteiger partial charge < -0.3 is 10.2 Å². The van der Waals surface area contributed by atoms with E-state index in [-0.39, 0.29) is 0 Å². The van der Waals surface area contributed by atoms with Gasteiger partial charge in [-0.15, -0.1) is 0 Å². The Hall–Kier alpha value is -0.860. The van der Waals surface area contributed by atoms with Crippen molar-refractivity contribution >= 4 is 0 Å². The van der Waals surface area contributed by atoms with Gasteiger partial charge in [0.05, 0.1) is 0 Å². The topological polar surface area (TPSA) is 15.3 Å². The van der Waals surface area contributed by atoms with Crippen LogP contribution in [0.15, 0.2) is 24.3 Å². The maximum atomic E-state index is 3.60. The van der Waals surface area contributed by atoms with Gasteiger partial charge in [-0.05, 0) is 37.9 Å². The summed E-state index contributed by atoms with van der Waals surface area (Å²) in [5.41, 5.74) is 3.10. The molecule has 2 heteroatoms. The third kappa shape index (κ3) is 3.12. The first-order valence-electron chi connectivity index (χ1n) is 7.21. The normalized spacial score (nSPS) is 19.4. The van der Waals surface area contributed by atoms with E-state index in [0.29, 0.717) is 6.04 Å². The molecule has 0 fully saturated rings. The lowest BCUT2D eigenvalue weighted by molar-refractivity contribution is 0.251. The molecule has 18 heavy (non-hydrogen) atoms. The zero-order valence-corrected chi connectivity index (χ0v) is 11.9. The third-order valence-electron chi connectivity index (χ3n) is 4.34. The molecule has 0 aliphatic heterocycles. The largest absolute Gasteiger partial charge is 0.315 e. The van der Waals surface area contributed by atoms with Crippen molar-refractivity contribution in [2.24, 2.45) is 0 Å². The fraction of sp³-hybridized carbons (Fsp3) is 0.625. The molecule has 100 valence electrons. The van der Waals surface area contributed by atoms with Gasteiger partial charge in [0.15, 0.2) is 0 Å². The number of likely N-dealkylation sites (N-methyl/N-ethyl adjacent to an activating group) is 1. The highest BCUT2D eigenvalue weighted by atomic mass is 15.1. The van der Waals surface area contributed by atoms with Crippen molar-refractivity contribution in [3.8, 4) is 0 Å². The third-order valence-corrected chi connectivity index (χ3v) is 4.34. The van der Waals surface area contributed by atoms with E-state index >= 15 is 0 Å². The van der Waals surface area contributed by atoms with Crippen LogP contribution in [-0.4, -0.2) is 37.6 Å². The monoisotopic (exact) mass is 246 g/mol. The van der Waals surface area contributed by atoms with Crippen LogP contribution in [0.2, 0.25) is 0 Å². The van der Waals surface area contributed by atoms with Gasteiger partial charge in [0.25, 0.3) is 0 Å². The lowest BCUT2D eigenvalue weighted by Crippen LogP contribution is -2.37. The Morgan fingerprint density at radius 2 is 2.17 bits per heavy atom. The molecule has 0 radical (unpaired) electrons.